The van der Waals surface area contributed by atoms with Crippen LogP contribution >= 0.6 is 11.3 Å². The highest BCUT2D eigenvalue weighted by atomic mass is 32.1. The van der Waals surface area contributed by atoms with Gasteiger partial charge in [0.15, 0.2) is 0 Å². The van der Waals surface area contributed by atoms with E-state index in [-0.39, 0.29) is 11.5 Å². The molecule has 0 aliphatic heterocycles. The maximum Gasteiger partial charge on any atom is 0.335 e. The molecule has 1 aromatic heterocycles. The summed E-state index contributed by atoms with van der Waals surface area (Å²) in [7, 11) is 0. The third-order valence-electron chi connectivity index (χ3n) is 2.79. The highest BCUT2D eigenvalue weighted by Gasteiger charge is 2.25. The molecule has 0 spiro atoms. The third kappa shape index (κ3) is 3.03. The predicted molar refractivity (Wildman–Crippen MR) is 76.0 cm³/mol. The summed E-state index contributed by atoms with van der Waals surface area (Å²) in [5.41, 5.74) is -0.00292. The molecule has 5 nitrogen and oxygen atoms in total. The van der Waals surface area contributed by atoms with Gasteiger partial charge in [-0.1, -0.05) is 0 Å². The third-order valence-corrected chi connectivity index (χ3v) is 3.88. The summed E-state index contributed by atoms with van der Waals surface area (Å²) in [6.45, 7) is 3.74. The van der Waals surface area contributed by atoms with Crippen molar-refractivity contribution in [2.75, 3.05) is 0 Å². The van der Waals surface area contributed by atoms with Gasteiger partial charge >= 0.3 is 5.97 Å². The van der Waals surface area contributed by atoms with Gasteiger partial charge in [0.2, 0.25) is 0 Å². The Hall–Kier alpha value is -2.21. The van der Waals surface area contributed by atoms with Gasteiger partial charge in [0.05, 0.1) is 11.1 Å². The van der Waals surface area contributed by atoms with Crippen molar-refractivity contribution in [3.05, 3.63) is 52.0 Å². The predicted octanol–water partition coefficient (Wildman–Crippen LogP) is 2.51. The van der Waals surface area contributed by atoms with Crippen LogP contribution in [0.1, 0.15) is 39.6 Å². The van der Waals surface area contributed by atoms with Gasteiger partial charge < -0.3 is 10.4 Å². The Kier molecular flexibility index (Phi) is 3.85. The molecule has 0 atom stereocenters. The first kappa shape index (κ1) is 14.2. The number of amides is 1. The van der Waals surface area contributed by atoms with E-state index in [2.05, 4.69) is 10.3 Å². The molecule has 0 saturated carbocycles. The van der Waals surface area contributed by atoms with Crippen LogP contribution in [0.15, 0.2) is 35.8 Å². The van der Waals surface area contributed by atoms with Crippen LogP contribution in [0.5, 0.6) is 0 Å². The summed E-state index contributed by atoms with van der Waals surface area (Å²) >= 11 is 1.47. The van der Waals surface area contributed by atoms with Gasteiger partial charge in [0.25, 0.3) is 5.91 Å². The van der Waals surface area contributed by atoms with E-state index < -0.39 is 11.5 Å². The average molecular weight is 290 g/mol. The fraction of sp³-hybridized carbons (Fsp3) is 0.214. The molecular weight excluding hydrogens is 276 g/mol. The monoisotopic (exact) mass is 290 g/mol. The number of aromatic nitrogens is 1. The highest BCUT2D eigenvalue weighted by molar-refractivity contribution is 7.09. The Morgan fingerprint density at radius 1 is 1.20 bits per heavy atom. The fourth-order valence-corrected chi connectivity index (χ4v) is 2.42. The molecule has 2 aromatic rings. The molecule has 2 rings (SSSR count). The van der Waals surface area contributed by atoms with Gasteiger partial charge in [-0.15, -0.1) is 11.3 Å². The lowest BCUT2D eigenvalue weighted by Gasteiger charge is -2.23. The minimum Gasteiger partial charge on any atom is -0.478 e. The van der Waals surface area contributed by atoms with Gasteiger partial charge in [-0.3, -0.25) is 4.79 Å². The van der Waals surface area contributed by atoms with E-state index in [4.69, 9.17) is 5.11 Å². The fourth-order valence-electron chi connectivity index (χ4n) is 1.71. The molecule has 0 bridgehead atoms. The van der Waals surface area contributed by atoms with Crippen molar-refractivity contribution in [1.29, 1.82) is 0 Å². The molecule has 1 aromatic carbocycles. The smallest absolute Gasteiger partial charge is 0.335 e. The van der Waals surface area contributed by atoms with Crippen molar-refractivity contribution in [2.24, 2.45) is 0 Å². The summed E-state index contributed by atoms with van der Waals surface area (Å²) in [4.78, 5) is 27.1. The molecule has 0 aliphatic rings. The van der Waals surface area contributed by atoms with E-state index in [0.29, 0.717) is 5.56 Å². The van der Waals surface area contributed by atoms with Gasteiger partial charge in [0, 0.05) is 17.1 Å². The second-order valence-electron chi connectivity index (χ2n) is 4.80. The molecule has 0 aliphatic carbocycles. The standard InChI is InChI=1S/C14H14N2O3S/c1-14(2,13-15-7-8-20-13)16-11(17)9-3-5-10(6-4-9)12(18)19/h3-8H,1-2H3,(H,16,17)(H,18,19). The Labute approximate surface area is 120 Å². The van der Waals surface area contributed by atoms with Crippen LogP contribution in [0, 0.1) is 0 Å². The van der Waals surface area contributed by atoms with E-state index in [1.165, 1.54) is 35.6 Å². The molecule has 0 saturated heterocycles. The quantitative estimate of drug-likeness (QED) is 0.906. The molecule has 0 radical (unpaired) electrons. The number of hydrogen-bond acceptors (Lipinski definition) is 4. The number of benzene rings is 1. The number of thiazole rings is 1. The number of carboxylic acids is 1. The zero-order valence-electron chi connectivity index (χ0n) is 11.1. The number of nitrogens with one attached hydrogen (secondary N) is 1. The van der Waals surface area contributed by atoms with E-state index in [1.54, 1.807) is 6.20 Å². The normalized spacial score (nSPS) is 11.1. The molecule has 1 amide bonds. The van der Waals surface area contributed by atoms with Crippen molar-refractivity contribution in [2.45, 2.75) is 19.4 Å². The minimum absolute atomic E-state index is 0.153. The van der Waals surface area contributed by atoms with Crippen molar-refractivity contribution < 1.29 is 14.7 Å². The minimum atomic E-state index is -1.01. The van der Waals surface area contributed by atoms with Crippen LogP contribution in [-0.4, -0.2) is 22.0 Å². The molecule has 0 unspecified atom stereocenters. The van der Waals surface area contributed by atoms with Crippen LogP contribution in [0.25, 0.3) is 0 Å². The average Bonchev–Trinajstić information content (AvgIpc) is 2.93. The second kappa shape index (κ2) is 5.42. The van der Waals surface area contributed by atoms with Gasteiger partial charge in [-0.05, 0) is 38.1 Å². The van der Waals surface area contributed by atoms with Crippen LogP contribution in [-0.2, 0) is 5.54 Å². The Morgan fingerprint density at radius 2 is 1.80 bits per heavy atom. The van der Waals surface area contributed by atoms with Gasteiger partial charge in [-0.2, -0.15) is 0 Å². The SMILES string of the molecule is CC(C)(NC(=O)c1ccc(C(=O)O)cc1)c1nccs1. The van der Waals surface area contributed by atoms with Crippen molar-refractivity contribution in [3.63, 3.8) is 0 Å². The van der Waals surface area contributed by atoms with E-state index in [0.717, 1.165) is 5.01 Å². The first-order valence-electron chi connectivity index (χ1n) is 5.96. The number of rotatable bonds is 4. The topological polar surface area (TPSA) is 79.3 Å². The molecule has 20 heavy (non-hydrogen) atoms. The lowest BCUT2D eigenvalue weighted by atomic mass is 10.1. The first-order valence-corrected chi connectivity index (χ1v) is 6.84. The lowest BCUT2D eigenvalue weighted by Crippen LogP contribution is -2.40. The lowest BCUT2D eigenvalue weighted by molar-refractivity contribution is 0.0696. The number of hydrogen-bond donors (Lipinski definition) is 2. The molecule has 104 valence electrons. The summed E-state index contributed by atoms with van der Waals surface area (Å²) in [6.07, 6.45) is 1.69. The van der Waals surface area contributed by atoms with E-state index in [9.17, 15) is 9.59 Å². The Balaban J connectivity index is 2.14. The maximum atomic E-state index is 12.2. The van der Waals surface area contributed by atoms with Crippen molar-refractivity contribution in [3.8, 4) is 0 Å². The summed E-state index contributed by atoms with van der Waals surface area (Å²) in [5, 5.41) is 14.4. The molecule has 1 heterocycles. The first-order chi connectivity index (χ1) is 9.40. The molecule has 2 N–H and O–H groups in total. The number of carboxylic acid groups (broad SMARTS) is 1. The zero-order valence-corrected chi connectivity index (χ0v) is 11.9. The number of carbonyl (C=O) groups is 2. The van der Waals surface area contributed by atoms with Gasteiger partial charge in [-0.25, -0.2) is 9.78 Å². The van der Waals surface area contributed by atoms with E-state index in [1.807, 2.05) is 19.2 Å². The summed E-state index contributed by atoms with van der Waals surface area (Å²) < 4.78 is 0. The number of nitrogens with zero attached hydrogens (tertiary/aromatic N) is 1. The van der Waals surface area contributed by atoms with Crippen LogP contribution in [0.3, 0.4) is 0 Å². The number of carbonyl (C=O) groups excluding carboxylic acids is 1. The summed E-state index contributed by atoms with van der Waals surface area (Å²) in [5.74, 6) is -1.28. The van der Waals surface area contributed by atoms with Crippen molar-refractivity contribution in [1.82, 2.24) is 10.3 Å². The second-order valence-corrected chi connectivity index (χ2v) is 5.69. The highest BCUT2D eigenvalue weighted by Crippen LogP contribution is 2.22. The van der Waals surface area contributed by atoms with Crippen molar-refractivity contribution >= 4 is 23.2 Å². The van der Waals surface area contributed by atoms with E-state index >= 15 is 0 Å². The molecule has 6 heteroatoms. The maximum absolute atomic E-state index is 12.2. The Morgan fingerprint density at radius 3 is 2.30 bits per heavy atom. The zero-order chi connectivity index (χ0) is 14.8. The van der Waals surface area contributed by atoms with Gasteiger partial charge in [0.1, 0.15) is 5.01 Å². The molecular formula is C14H14N2O3S. The van der Waals surface area contributed by atoms with Crippen LogP contribution in [0.2, 0.25) is 0 Å². The largest absolute Gasteiger partial charge is 0.478 e. The van der Waals surface area contributed by atoms with Crippen LogP contribution in [0.4, 0.5) is 0 Å². The Bertz CT molecular complexity index is 618. The molecule has 0 fully saturated rings. The number of aromatic carboxylic acids is 1. The van der Waals surface area contributed by atoms with Crippen LogP contribution < -0.4 is 5.32 Å². The summed E-state index contributed by atoms with van der Waals surface area (Å²) in [6, 6.07) is 5.81.